The van der Waals surface area contributed by atoms with E-state index in [0.29, 0.717) is 5.82 Å². The van der Waals surface area contributed by atoms with Crippen molar-refractivity contribution < 1.29 is 4.79 Å². The minimum absolute atomic E-state index is 0.0845. The largest absolute Gasteiger partial charge is 0.364 e. The summed E-state index contributed by atoms with van der Waals surface area (Å²) >= 11 is 0. The third kappa shape index (κ3) is 2.95. The second-order valence-electron chi connectivity index (χ2n) is 2.94. The van der Waals surface area contributed by atoms with Gasteiger partial charge in [-0.2, -0.15) is 0 Å². The summed E-state index contributed by atoms with van der Waals surface area (Å²) in [6, 6.07) is 3.03. The fourth-order valence-corrected chi connectivity index (χ4v) is 0.981. The Labute approximate surface area is 88.1 Å². The summed E-state index contributed by atoms with van der Waals surface area (Å²) in [7, 11) is 0. The number of hydrogen-bond donors (Lipinski definition) is 2. The number of nitrogens with two attached hydrogens (primary N) is 1. The zero-order chi connectivity index (χ0) is 11.3. The van der Waals surface area contributed by atoms with Gasteiger partial charge in [-0.05, 0) is 18.6 Å². The number of rotatable bonds is 4. The Balaban J connectivity index is 2.73. The zero-order valence-electron chi connectivity index (χ0n) is 8.40. The highest BCUT2D eigenvalue weighted by Crippen LogP contribution is 2.04. The van der Waals surface area contributed by atoms with Crippen LogP contribution in [0.15, 0.2) is 12.1 Å². The smallest absolute Gasteiger partial charge is 0.269 e. The minimum atomic E-state index is -0.599. The van der Waals surface area contributed by atoms with Crippen LogP contribution >= 0.6 is 0 Å². The van der Waals surface area contributed by atoms with Gasteiger partial charge in [-0.15, -0.1) is 16.6 Å². The van der Waals surface area contributed by atoms with Gasteiger partial charge in [-0.1, -0.05) is 12.8 Å². The maximum Gasteiger partial charge on any atom is 0.269 e. The average molecular weight is 204 g/mol. The van der Waals surface area contributed by atoms with Crippen molar-refractivity contribution in [1.29, 1.82) is 0 Å². The fraction of sp³-hybridized carbons (Fsp3) is 0.300. The Morgan fingerprint density at radius 3 is 2.80 bits per heavy atom. The van der Waals surface area contributed by atoms with E-state index in [1.807, 2.05) is 6.92 Å². The number of aromatic nitrogens is 2. The molecule has 0 aromatic carbocycles. The van der Waals surface area contributed by atoms with E-state index in [-0.39, 0.29) is 11.7 Å². The molecule has 1 unspecified atom stereocenters. The molecule has 0 radical (unpaired) electrons. The molecule has 1 aromatic heterocycles. The van der Waals surface area contributed by atoms with Crippen LogP contribution in [0.2, 0.25) is 0 Å². The van der Waals surface area contributed by atoms with Crippen molar-refractivity contribution in [3.05, 3.63) is 17.8 Å². The van der Waals surface area contributed by atoms with Crippen LogP contribution in [0.1, 0.15) is 23.8 Å². The Bertz CT molecular complexity index is 379. The van der Waals surface area contributed by atoms with E-state index >= 15 is 0 Å². The van der Waals surface area contributed by atoms with Gasteiger partial charge in [-0.3, -0.25) is 4.79 Å². The maximum atomic E-state index is 10.7. The number of carbonyl (C=O) groups is 1. The van der Waals surface area contributed by atoms with Crippen LogP contribution in [0.25, 0.3) is 0 Å². The lowest BCUT2D eigenvalue weighted by molar-refractivity contribution is 0.0994. The summed E-state index contributed by atoms with van der Waals surface area (Å²) in [5.41, 5.74) is 5.16. The monoisotopic (exact) mass is 204 g/mol. The van der Waals surface area contributed by atoms with E-state index in [2.05, 4.69) is 21.4 Å². The Kier molecular flexibility index (Phi) is 3.63. The summed E-state index contributed by atoms with van der Waals surface area (Å²) in [6.45, 7) is 1.96. The highest BCUT2D eigenvalue weighted by atomic mass is 16.1. The van der Waals surface area contributed by atoms with Gasteiger partial charge in [0.15, 0.2) is 5.69 Å². The number of amides is 1. The Morgan fingerprint density at radius 1 is 1.67 bits per heavy atom. The third-order valence-electron chi connectivity index (χ3n) is 1.85. The lowest BCUT2D eigenvalue weighted by Gasteiger charge is -2.10. The van der Waals surface area contributed by atoms with Gasteiger partial charge < -0.3 is 11.1 Å². The second-order valence-corrected chi connectivity index (χ2v) is 2.94. The Morgan fingerprint density at radius 2 is 2.40 bits per heavy atom. The highest BCUT2D eigenvalue weighted by Gasteiger charge is 2.05. The number of carbonyl (C=O) groups excluding carboxylic acids is 1. The van der Waals surface area contributed by atoms with Crippen LogP contribution in [0.5, 0.6) is 0 Å². The van der Waals surface area contributed by atoms with E-state index < -0.39 is 5.91 Å². The molecule has 0 bridgehead atoms. The quantitative estimate of drug-likeness (QED) is 0.695. The number of nitrogens with zero attached hydrogens (tertiary/aromatic N) is 2. The first kappa shape index (κ1) is 11.0. The SMILES string of the molecule is C#CC(CC)Nc1ccc(C(N)=O)nn1. The predicted molar refractivity (Wildman–Crippen MR) is 57.1 cm³/mol. The zero-order valence-corrected chi connectivity index (χ0v) is 8.40. The molecule has 0 saturated carbocycles. The van der Waals surface area contributed by atoms with E-state index in [1.54, 1.807) is 6.07 Å². The predicted octanol–water partition coefficient (Wildman–Crippen LogP) is 0.399. The van der Waals surface area contributed by atoms with E-state index in [4.69, 9.17) is 12.2 Å². The highest BCUT2D eigenvalue weighted by molar-refractivity contribution is 5.90. The first-order chi connectivity index (χ1) is 7.17. The third-order valence-corrected chi connectivity index (χ3v) is 1.85. The molecule has 15 heavy (non-hydrogen) atoms. The van der Waals surface area contributed by atoms with Crippen LogP contribution in [0.4, 0.5) is 5.82 Å². The number of hydrogen-bond acceptors (Lipinski definition) is 4. The molecule has 0 aliphatic heterocycles. The van der Waals surface area contributed by atoms with Crippen LogP contribution in [-0.2, 0) is 0 Å². The van der Waals surface area contributed by atoms with Crippen LogP contribution in [-0.4, -0.2) is 22.1 Å². The molecule has 0 spiro atoms. The molecule has 0 saturated heterocycles. The lowest BCUT2D eigenvalue weighted by Crippen LogP contribution is -2.18. The van der Waals surface area contributed by atoms with Gasteiger partial charge in [0.1, 0.15) is 5.82 Å². The standard InChI is InChI=1S/C10H12N4O/c1-3-7(4-2)12-9-6-5-8(10(11)15)13-14-9/h1,5-7H,4H2,2H3,(H2,11,15)(H,12,14). The number of terminal acetylenes is 1. The maximum absolute atomic E-state index is 10.7. The first-order valence-electron chi connectivity index (χ1n) is 4.53. The molecule has 1 aromatic rings. The van der Waals surface area contributed by atoms with Gasteiger partial charge in [0, 0.05) is 0 Å². The summed E-state index contributed by atoms with van der Waals surface area (Å²) < 4.78 is 0. The molecule has 1 atom stereocenters. The van der Waals surface area contributed by atoms with Crippen molar-refractivity contribution in [3.63, 3.8) is 0 Å². The van der Waals surface area contributed by atoms with Gasteiger partial charge in [-0.25, -0.2) is 0 Å². The summed E-state index contributed by atoms with van der Waals surface area (Å²) in [5, 5.41) is 10.4. The number of anilines is 1. The second kappa shape index (κ2) is 4.96. The molecule has 5 nitrogen and oxygen atoms in total. The number of primary amides is 1. The molecule has 0 aliphatic carbocycles. The molecular formula is C10H12N4O. The van der Waals surface area contributed by atoms with Crippen LogP contribution in [0.3, 0.4) is 0 Å². The van der Waals surface area contributed by atoms with Crippen molar-refractivity contribution in [3.8, 4) is 12.3 Å². The minimum Gasteiger partial charge on any atom is -0.364 e. The summed E-state index contributed by atoms with van der Waals surface area (Å²) in [4.78, 5) is 10.7. The van der Waals surface area contributed by atoms with Crippen molar-refractivity contribution >= 4 is 11.7 Å². The van der Waals surface area contributed by atoms with Gasteiger partial charge >= 0.3 is 0 Å². The van der Waals surface area contributed by atoms with E-state index in [0.717, 1.165) is 6.42 Å². The molecule has 0 fully saturated rings. The topological polar surface area (TPSA) is 80.9 Å². The van der Waals surface area contributed by atoms with E-state index in [1.165, 1.54) is 6.07 Å². The van der Waals surface area contributed by atoms with Crippen molar-refractivity contribution in [2.45, 2.75) is 19.4 Å². The van der Waals surface area contributed by atoms with Crippen molar-refractivity contribution in [1.82, 2.24) is 10.2 Å². The summed E-state index contributed by atoms with van der Waals surface area (Å²) in [6.07, 6.45) is 6.06. The van der Waals surface area contributed by atoms with Gasteiger partial charge in [0.25, 0.3) is 5.91 Å². The molecule has 1 amide bonds. The first-order valence-corrected chi connectivity index (χ1v) is 4.53. The van der Waals surface area contributed by atoms with Crippen LogP contribution in [0, 0.1) is 12.3 Å². The van der Waals surface area contributed by atoms with Crippen LogP contribution < -0.4 is 11.1 Å². The van der Waals surface area contributed by atoms with E-state index in [9.17, 15) is 4.79 Å². The molecule has 1 heterocycles. The normalized spacial score (nSPS) is 11.5. The van der Waals surface area contributed by atoms with Gasteiger partial charge in [0.05, 0.1) is 6.04 Å². The van der Waals surface area contributed by atoms with Crippen molar-refractivity contribution in [2.24, 2.45) is 5.73 Å². The summed E-state index contributed by atoms with van der Waals surface area (Å²) in [5.74, 6) is 2.50. The van der Waals surface area contributed by atoms with Gasteiger partial charge in [0.2, 0.25) is 0 Å². The average Bonchev–Trinajstić information content (AvgIpc) is 2.26. The molecule has 78 valence electrons. The molecule has 0 aliphatic rings. The lowest BCUT2D eigenvalue weighted by atomic mass is 10.2. The molecule has 5 heteroatoms. The molecule has 1 rings (SSSR count). The Hall–Kier alpha value is -2.09. The number of nitrogens with one attached hydrogen (secondary N) is 1. The molecular weight excluding hydrogens is 192 g/mol. The van der Waals surface area contributed by atoms with Crippen molar-refractivity contribution in [2.75, 3.05) is 5.32 Å². The fourth-order valence-electron chi connectivity index (χ4n) is 0.981. The molecule has 3 N–H and O–H groups in total.